The maximum absolute atomic E-state index is 13.2. The Morgan fingerprint density at radius 2 is 1.78 bits per heavy atom. The normalized spacial score (nSPS) is 13.5. The highest BCUT2D eigenvalue weighted by atomic mass is 35.5. The highest BCUT2D eigenvalue weighted by Gasteiger charge is 2.29. The zero-order valence-electron chi connectivity index (χ0n) is 14.6. The van der Waals surface area contributed by atoms with Gasteiger partial charge in [-0.15, -0.1) is 11.8 Å². The van der Waals surface area contributed by atoms with E-state index in [9.17, 15) is 4.39 Å². The molecule has 0 radical (unpaired) electrons. The van der Waals surface area contributed by atoms with Crippen molar-refractivity contribution in [1.82, 2.24) is 9.55 Å². The van der Waals surface area contributed by atoms with Crippen LogP contribution in [0.15, 0.2) is 60.0 Å². The third-order valence-electron chi connectivity index (χ3n) is 4.28. The van der Waals surface area contributed by atoms with Crippen LogP contribution in [0, 0.1) is 5.82 Å². The van der Waals surface area contributed by atoms with Gasteiger partial charge in [-0.3, -0.25) is 0 Å². The van der Waals surface area contributed by atoms with Gasteiger partial charge in [0.2, 0.25) is 0 Å². The van der Waals surface area contributed by atoms with Crippen LogP contribution in [0.3, 0.4) is 0 Å². The number of benzene rings is 2. The van der Waals surface area contributed by atoms with Gasteiger partial charge in [0, 0.05) is 28.6 Å². The molecule has 1 unspecified atom stereocenters. The molecule has 142 valence electrons. The standard InChI is InChI=1S/C20H18Cl3FN2S/c1-20(12-26-11-10-25-13-26,9-8-14-2-4-15(24)5-3-14)27-19-17(22)7-6-16(21)18(19)23/h2-7,10-11,13H,8-9,12H2,1H3. The number of thioether (sulfide) groups is 1. The van der Waals surface area contributed by atoms with Crippen LogP contribution in [-0.2, 0) is 13.0 Å². The molecule has 0 amide bonds. The third-order valence-corrected chi connectivity index (χ3v) is 7.08. The van der Waals surface area contributed by atoms with E-state index in [2.05, 4.69) is 11.9 Å². The van der Waals surface area contributed by atoms with Gasteiger partial charge in [-0.25, -0.2) is 9.37 Å². The smallest absolute Gasteiger partial charge is 0.123 e. The van der Waals surface area contributed by atoms with Crippen molar-refractivity contribution in [3.63, 3.8) is 0 Å². The number of nitrogens with zero attached hydrogens (tertiary/aromatic N) is 2. The van der Waals surface area contributed by atoms with Crippen molar-refractivity contribution in [2.45, 2.75) is 36.0 Å². The van der Waals surface area contributed by atoms with Crippen LogP contribution in [-0.4, -0.2) is 14.3 Å². The molecule has 1 aromatic heterocycles. The molecular weight excluding hydrogens is 426 g/mol. The van der Waals surface area contributed by atoms with E-state index in [1.54, 1.807) is 36.4 Å². The Balaban J connectivity index is 1.85. The van der Waals surface area contributed by atoms with E-state index in [-0.39, 0.29) is 10.6 Å². The zero-order chi connectivity index (χ0) is 19.4. The molecule has 0 aliphatic heterocycles. The SMILES string of the molecule is CC(CCc1ccc(F)cc1)(Cn1ccnc1)Sc1c(Cl)ccc(Cl)c1Cl. The van der Waals surface area contributed by atoms with Crippen molar-refractivity contribution < 1.29 is 4.39 Å². The Kier molecular flexibility index (Phi) is 6.74. The van der Waals surface area contributed by atoms with E-state index in [0.717, 1.165) is 29.8 Å². The van der Waals surface area contributed by atoms with Crippen LogP contribution in [0.2, 0.25) is 15.1 Å². The van der Waals surface area contributed by atoms with Crippen LogP contribution in [0.5, 0.6) is 0 Å². The molecule has 0 fully saturated rings. The number of hydrogen-bond acceptors (Lipinski definition) is 2. The molecule has 3 aromatic rings. The average molecular weight is 444 g/mol. The predicted molar refractivity (Wildman–Crippen MR) is 113 cm³/mol. The van der Waals surface area contributed by atoms with Gasteiger partial charge in [0.05, 0.1) is 21.4 Å². The fourth-order valence-electron chi connectivity index (χ4n) is 2.84. The molecule has 2 aromatic carbocycles. The van der Waals surface area contributed by atoms with Gasteiger partial charge in [-0.2, -0.15) is 0 Å². The van der Waals surface area contributed by atoms with Crippen molar-refractivity contribution in [3.8, 4) is 0 Å². The first-order valence-electron chi connectivity index (χ1n) is 8.39. The maximum Gasteiger partial charge on any atom is 0.123 e. The molecule has 0 bridgehead atoms. The molecule has 7 heteroatoms. The summed E-state index contributed by atoms with van der Waals surface area (Å²) in [5.41, 5.74) is 1.08. The van der Waals surface area contributed by atoms with Gasteiger partial charge in [-0.1, -0.05) is 46.9 Å². The van der Waals surface area contributed by atoms with Gasteiger partial charge in [0.1, 0.15) is 5.82 Å². The summed E-state index contributed by atoms with van der Waals surface area (Å²) >= 11 is 20.6. The number of hydrogen-bond donors (Lipinski definition) is 0. The Hall–Kier alpha value is -1.20. The van der Waals surface area contributed by atoms with Gasteiger partial charge in [0.15, 0.2) is 0 Å². The number of aromatic nitrogens is 2. The highest BCUT2D eigenvalue weighted by molar-refractivity contribution is 8.00. The maximum atomic E-state index is 13.2. The third kappa shape index (κ3) is 5.41. The molecule has 1 heterocycles. The molecule has 1 atom stereocenters. The van der Waals surface area contributed by atoms with E-state index in [1.807, 2.05) is 22.9 Å². The lowest BCUT2D eigenvalue weighted by Crippen LogP contribution is -2.27. The van der Waals surface area contributed by atoms with E-state index in [1.165, 1.54) is 12.1 Å². The first-order chi connectivity index (χ1) is 12.9. The Labute approximate surface area is 177 Å². The Bertz CT molecular complexity index is 900. The van der Waals surface area contributed by atoms with Crippen LogP contribution in [0.25, 0.3) is 0 Å². The minimum atomic E-state index is -0.230. The van der Waals surface area contributed by atoms with Crippen molar-refractivity contribution >= 4 is 46.6 Å². The Morgan fingerprint density at radius 3 is 2.44 bits per heavy atom. The van der Waals surface area contributed by atoms with Crippen molar-refractivity contribution in [2.24, 2.45) is 0 Å². The van der Waals surface area contributed by atoms with Crippen LogP contribution >= 0.6 is 46.6 Å². The molecule has 27 heavy (non-hydrogen) atoms. The van der Waals surface area contributed by atoms with E-state index in [0.29, 0.717) is 15.1 Å². The first-order valence-corrected chi connectivity index (χ1v) is 10.3. The molecular formula is C20H18Cl3FN2S. The molecule has 3 rings (SSSR count). The van der Waals surface area contributed by atoms with Crippen molar-refractivity contribution in [3.05, 3.63) is 81.6 Å². The van der Waals surface area contributed by atoms with E-state index < -0.39 is 0 Å². The van der Waals surface area contributed by atoms with Crippen LogP contribution in [0.4, 0.5) is 4.39 Å². The Morgan fingerprint density at radius 1 is 1.07 bits per heavy atom. The summed E-state index contributed by atoms with van der Waals surface area (Å²) in [5, 5.41) is 1.52. The lowest BCUT2D eigenvalue weighted by Gasteiger charge is -2.30. The lowest BCUT2D eigenvalue weighted by molar-refractivity contribution is 0.495. The minimum Gasteiger partial charge on any atom is -0.336 e. The molecule has 0 saturated carbocycles. The fourth-order valence-corrected chi connectivity index (χ4v) is 4.93. The minimum absolute atomic E-state index is 0.229. The van der Waals surface area contributed by atoms with Crippen molar-refractivity contribution in [2.75, 3.05) is 0 Å². The zero-order valence-corrected chi connectivity index (χ0v) is 17.7. The van der Waals surface area contributed by atoms with Gasteiger partial charge in [0.25, 0.3) is 0 Å². The van der Waals surface area contributed by atoms with Gasteiger partial charge < -0.3 is 4.57 Å². The average Bonchev–Trinajstić information content (AvgIpc) is 3.14. The molecule has 0 saturated heterocycles. The summed E-state index contributed by atoms with van der Waals surface area (Å²) in [4.78, 5) is 4.90. The second-order valence-electron chi connectivity index (χ2n) is 6.59. The summed E-state index contributed by atoms with van der Waals surface area (Å²) in [6.45, 7) is 2.88. The summed E-state index contributed by atoms with van der Waals surface area (Å²) in [5.74, 6) is -0.230. The number of aryl methyl sites for hydroxylation is 1. The number of imidazole rings is 1. The number of rotatable bonds is 7. The molecule has 0 spiro atoms. The van der Waals surface area contributed by atoms with Gasteiger partial charge in [-0.05, 0) is 49.6 Å². The summed E-state index contributed by atoms with van der Waals surface area (Å²) < 4.78 is 15.0. The largest absolute Gasteiger partial charge is 0.336 e. The summed E-state index contributed by atoms with van der Waals surface area (Å²) in [6.07, 6.45) is 7.11. The van der Waals surface area contributed by atoms with Crippen molar-refractivity contribution in [1.29, 1.82) is 0 Å². The second-order valence-corrected chi connectivity index (χ2v) is 9.38. The fraction of sp³-hybridized carbons (Fsp3) is 0.250. The lowest BCUT2D eigenvalue weighted by atomic mass is 10.00. The van der Waals surface area contributed by atoms with E-state index in [4.69, 9.17) is 34.8 Å². The first kappa shape index (κ1) is 20.5. The number of halogens is 4. The second kappa shape index (κ2) is 8.87. The topological polar surface area (TPSA) is 17.8 Å². The molecule has 0 aliphatic rings. The highest BCUT2D eigenvalue weighted by Crippen LogP contribution is 2.46. The summed E-state index contributed by atoms with van der Waals surface area (Å²) in [6, 6.07) is 10.1. The summed E-state index contributed by atoms with van der Waals surface area (Å²) in [7, 11) is 0. The monoisotopic (exact) mass is 442 g/mol. The van der Waals surface area contributed by atoms with Crippen LogP contribution < -0.4 is 0 Å². The molecule has 0 N–H and O–H groups in total. The molecule has 2 nitrogen and oxygen atoms in total. The quantitative estimate of drug-likeness (QED) is 0.284. The predicted octanol–water partition coefficient (Wildman–Crippen LogP) is 7.17. The molecule has 0 aliphatic carbocycles. The van der Waals surface area contributed by atoms with E-state index >= 15 is 0 Å². The van der Waals surface area contributed by atoms with Gasteiger partial charge >= 0.3 is 0 Å². The van der Waals surface area contributed by atoms with Crippen LogP contribution in [0.1, 0.15) is 18.9 Å².